The molecule has 0 radical (unpaired) electrons. The fourth-order valence-corrected chi connectivity index (χ4v) is 7.05. The first-order valence-electron chi connectivity index (χ1n) is 14.3. The molecule has 0 N–H and O–H groups in total. The number of rotatable bonds is 2. The molecule has 7 heteroatoms. The van der Waals surface area contributed by atoms with E-state index in [-0.39, 0.29) is 11.8 Å². The number of aryl methyl sites for hydroxylation is 1. The normalized spacial score (nSPS) is 16.6. The summed E-state index contributed by atoms with van der Waals surface area (Å²) in [7, 11) is 0. The minimum Gasteiger partial charge on any atom is -0.457 e. The van der Waals surface area contributed by atoms with Crippen LogP contribution in [0.3, 0.4) is 0 Å². The minimum absolute atomic E-state index is 0.120. The van der Waals surface area contributed by atoms with E-state index in [4.69, 9.17) is 14.7 Å². The van der Waals surface area contributed by atoms with Gasteiger partial charge in [0.05, 0.1) is 33.9 Å². The van der Waals surface area contributed by atoms with Crippen molar-refractivity contribution >= 4 is 57.0 Å². The Morgan fingerprint density at radius 2 is 1.30 bits per heavy atom. The number of hydrogen-bond donors (Lipinski definition) is 0. The predicted octanol–water partition coefficient (Wildman–Crippen LogP) is 7.39. The fourth-order valence-electron chi connectivity index (χ4n) is 7.05. The van der Waals surface area contributed by atoms with Crippen molar-refractivity contribution in [2.24, 2.45) is 9.98 Å². The Balaban J connectivity index is 1.01. The van der Waals surface area contributed by atoms with E-state index < -0.39 is 0 Å². The Labute approximate surface area is 245 Å². The number of benzene rings is 5. The largest absolute Gasteiger partial charge is 0.457 e. The second kappa shape index (κ2) is 7.92. The summed E-state index contributed by atoms with van der Waals surface area (Å²) < 4.78 is 6.26. The molecule has 0 bridgehead atoms. The van der Waals surface area contributed by atoms with E-state index in [9.17, 15) is 9.59 Å². The van der Waals surface area contributed by atoms with Gasteiger partial charge in [0.1, 0.15) is 23.2 Å². The molecule has 10 rings (SSSR count). The molecular formula is C36H20N4O3. The zero-order chi connectivity index (χ0) is 28.4. The third-order valence-electron chi connectivity index (χ3n) is 8.92. The van der Waals surface area contributed by atoms with Crippen molar-refractivity contribution in [1.82, 2.24) is 0 Å². The van der Waals surface area contributed by atoms with Gasteiger partial charge in [0.25, 0.3) is 11.8 Å². The second-order valence-electron chi connectivity index (χ2n) is 11.3. The number of carbonyl (C=O) groups is 2. The predicted molar refractivity (Wildman–Crippen MR) is 166 cm³/mol. The maximum atomic E-state index is 13.7. The van der Waals surface area contributed by atoms with Crippen LogP contribution in [-0.2, 0) is 6.42 Å². The summed E-state index contributed by atoms with van der Waals surface area (Å²) in [6.45, 7) is 0. The average Bonchev–Trinajstić information content (AvgIpc) is 3.47. The van der Waals surface area contributed by atoms with Gasteiger partial charge < -0.3 is 4.74 Å². The van der Waals surface area contributed by atoms with Crippen LogP contribution in [0, 0.1) is 0 Å². The molecule has 5 aromatic rings. The van der Waals surface area contributed by atoms with Crippen LogP contribution in [0.5, 0.6) is 11.5 Å². The lowest BCUT2D eigenvalue weighted by Gasteiger charge is -2.29. The van der Waals surface area contributed by atoms with Gasteiger partial charge in [-0.1, -0.05) is 42.5 Å². The first-order valence-corrected chi connectivity index (χ1v) is 14.3. The van der Waals surface area contributed by atoms with E-state index >= 15 is 0 Å². The van der Waals surface area contributed by atoms with Crippen LogP contribution in [0.2, 0.25) is 0 Å². The van der Waals surface area contributed by atoms with Crippen LogP contribution in [0.15, 0.2) is 107 Å². The lowest BCUT2D eigenvalue weighted by Crippen LogP contribution is -2.33. The van der Waals surface area contributed by atoms with Crippen LogP contribution in [-0.4, -0.2) is 23.5 Å². The molecule has 0 atom stereocenters. The number of amidine groups is 2. The molecule has 5 aliphatic rings. The van der Waals surface area contributed by atoms with Crippen molar-refractivity contribution in [3.05, 3.63) is 130 Å². The van der Waals surface area contributed by atoms with E-state index in [1.165, 1.54) is 5.56 Å². The van der Waals surface area contributed by atoms with Gasteiger partial charge in [-0.3, -0.25) is 19.4 Å². The first-order chi connectivity index (χ1) is 21.1. The maximum Gasteiger partial charge on any atom is 0.264 e. The fraction of sp³-hybridized carbons (Fsp3) is 0.0556. The van der Waals surface area contributed by atoms with Crippen molar-refractivity contribution in [2.75, 3.05) is 9.80 Å². The highest BCUT2D eigenvalue weighted by molar-refractivity contribution is 6.40. The number of fused-ring (bicyclic) bond motifs is 8. The smallest absolute Gasteiger partial charge is 0.264 e. The number of allylic oxidation sites excluding steroid dienone is 1. The van der Waals surface area contributed by atoms with Gasteiger partial charge in [-0.05, 0) is 78.4 Å². The summed E-state index contributed by atoms with van der Waals surface area (Å²) in [5.74, 6) is 2.04. The van der Waals surface area contributed by atoms with Gasteiger partial charge in [0.2, 0.25) is 0 Å². The molecule has 5 aromatic carbocycles. The molecule has 43 heavy (non-hydrogen) atoms. The van der Waals surface area contributed by atoms with E-state index in [1.54, 1.807) is 21.9 Å². The molecular weight excluding hydrogens is 536 g/mol. The maximum absolute atomic E-state index is 13.7. The molecule has 4 heterocycles. The van der Waals surface area contributed by atoms with Crippen LogP contribution in [0.25, 0.3) is 16.5 Å². The Bertz CT molecular complexity index is 2270. The molecule has 7 nitrogen and oxygen atoms in total. The summed E-state index contributed by atoms with van der Waals surface area (Å²) in [6.07, 6.45) is 4.04. The standard InChI is InChI=1S/C36H20N4O3/c41-35-25-17-21(13-15-23(25)33-37-27-9-1-5-19-7-3-11-29(31(19)27)39(33)35)43-22-14-16-24-26(18-22)36(42)40-30-12-4-8-20-6-2-10-28(32(20)30)38-34(24)40/h1,3-5,7-18H,2,6H2. The number of hydrogen-bond acceptors (Lipinski definition) is 5. The molecule has 0 unspecified atom stereocenters. The lowest BCUT2D eigenvalue weighted by molar-refractivity contribution is 0.0999. The zero-order valence-corrected chi connectivity index (χ0v) is 22.7. The summed E-state index contributed by atoms with van der Waals surface area (Å²) in [5, 5.41) is 2.01. The monoisotopic (exact) mass is 556 g/mol. The van der Waals surface area contributed by atoms with Crippen molar-refractivity contribution in [2.45, 2.75) is 12.8 Å². The second-order valence-corrected chi connectivity index (χ2v) is 11.3. The Hall–Kier alpha value is -5.82. The number of anilines is 2. The van der Waals surface area contributed by atoms with Crippen molar-refractivity contribution in [3.63, 3.8) is 0 Å². The van der Waals surface area contributed by atoms with Crippen molar-refractivity contribution < 1.29 is 14.3 Å². The minimum atomic E-state index is -0.139. The van der Waals surface area contributed by atoms with E-state index in [2.05, 4.69) is 12.1 Å². The Morgan fingerprint density at radius 1 is 0.651 bits per heavy atom. The molecule has 0 saturated carbocycles. The lowest BCUT2D eigenvalue weighted by atomic mass is 9.92. The molecule has 0 saturated heterocycles. The van der Waals surface area contributed by atoms with Crippen LogP contribution >= 0.6 is 0 Å². The summed E-state index contributed by atoms with van der Waals surface area (Å²) in [6, 6.07) is 29.1. The van der Waals surface area contributed by atoms with E-state index in [1.807, 2.05) is 72.8 Å². The molecule has 1 aliphatic carbocycles. The quantitative estimate of drug-likeness (QED) is 0.228. The number of carbonyl (C=O) groups excluding carboxylic acids is 2. The van der Waals surface area contributed by atoms with Crippen LogP contribution in [0.1, 0.15) is 49.4 Å². The van der Waals surface area contributed by atoms with Gasteiger partial charge >= 0.3 is 0 Å². The Kier molecular flexibility index (Phi) is 4.20. The molecule has 2 amide bonds. The summed E-state index contributed by atoms with van der Waals surface area (Å²) in [4.78, 5) is 40.7. The molecule has 202 valence electrons. The number of ether oxygens (including phenoxy) is 1. The van der Waals surface area contributed by atoms with E-state index in [0.717, 1.165) is 63.1 Å². The molecule has 4 aliphatic heterocycles. The summed E-state index contributed by atoms with van der Waals surface area (Å²) in [5.41, 5.74) is 8.41. The summed E-state index contributed by atoms with van der Waals surface area (Å²) >= 11 is 0. The molecule has 0 fully saturated rings. The van der Waals surface area contributed by atoms with Gasteiger partial charge in [-0.2, -0.15) is 0 Å². The van der Waals surface area contributed by atoms with Gasteiger partial charge in [0.15, 0.2) is 0 Å². The highest BCUT2D eigenvalue weighted by Gasteiger charge is 2.41. The third-order valence-corrected chi connectivity index (χ3v) is 8.92. The molecule has 0 spiro atoms. The zero-order valence-electron chi connectivity index (χ0n) is 22.7. The van der Waals surface area contributed by atoms with Crippen molar-refractivity contribution in [3.8, 4) is 11.5 Å². The first kappa shape index (κ1) is 22.8. The highest BCUT2D eigenvalue weighted by atomic mass is 16.5. The third kappa shape index (κ3) is 2.93. The number of amides is 2. The van der Waals surface area contributed by atoms with Gasteiger partial charge in [0, 0.05) is 22.1 Å². The van der Waals surface area contributed by atoms with Crippen molar-refractivity contribution in [1.29, 1.82) is 0 Å². The van der Waals surface area contributed by atoms with E-state index in [0.29, 0.717) is 34.3 Å². The Morgan fingerprint density at radius 3 is 2.07 bits per heavy atom. The topological polar surface area (TPSA) is 74.6 Å². The SMILES string of the molecule is O=C1c2cc(Oc3ccc4c(c3)C(=O)N3C4=Nc4cccc5cccc3c45)ccc2C2=NC3=CCCc4cccc(c43)N12. The van der Waals surface area contributed by atoms with Crippen LogP contribution < -0.4 is 14.5 Å². The van der Waals surface area contributed by atoms with Crippen LogP contribution in [0.4, 0.5) is 17.1 Å². The average molecular weight is 557 g/mol. The number of nitrogens with zero attached hydrogens (tertiary/aromatic N) is 4. The molecule has 0 aromatic heterocycles. The number of aliphatic imine (C=N–C) groups is 2. The highest BCUT2D eigenvalue weighted by Crippen LogP contribution is 2.45. The van der Waals surface area contributed by atoms with Gasteiger partial charge in [-0.15, -0.1) is 0 Å². The van der Waals surface area contributed by atoms with Gasteiger partial charge in [-0.25, -0.2) is 9.98 Å².